The predicted molar refractivity (Wildman–Crippen MR) is 53.2 cm³/mol. The summed E-state index contributed by atoms with van der Waals surface area (Å²) in [5, 5.41) is 0. The first-order valence-electron chi connectivity index (χ1n) is 4.54. The highest BCUT2D eigenvalue weighted by Crippen LogP contribution is 2.48. The number of ether oxygens (including phenoxy) is 1. The van der Waals surface area contributed by atoms with E-state index < -0.39 is 31.4 Å². The second-order valence-electron chi connectivity index (χ2n) is 3.28. The van der Waals surface area contributed by atoms with E-state index in [1.165, 1.54) is 6.92 Å². The quantitative estimate of drug-likeness (QED) is 0.408. The van der Waals surface area contributed by atoms with Crippen LogP contribution in [0.3, 0.4) is 0 Å². The SMILES string of the molecule is CCCC(OC(F)(C(F)(F)F)C(F)(F)F)[Si](Cl)Cl. The van der Waals surface area contributed by atoms with Gasteiger partial charge in [0.1, 0.15) is 0 Å². The Morgan fingerprint density at radius 1 is 1.00 bits per heavy atom. The Kier molecular flexibility index (Phi) is 6.24. The normalized spacial score (nSPS) is 16.2. The molecule has 1 nitrogen and oxygen atoms in total. The van der Waals surface area contributed by atoms with E-state index >= 15 is 0 Å². The third-order valence-electron chi connectivity index (χ3n) is 1.83. The van der Waals surface area contributed by atoms with Crippen LogP contribution in [0.2, 0.25) is 0 Å². The Labute approximate surface area is 109 Å². The molecule has 11 heteroatoms. The molecule has 1 unspecified atom stereocenters. The number of hydrogen-bond acceptors (Lipinski definition) is 1. The molecule has 0 rings (SSSR count). The van der Waals surface area contributed by atoms with Crippen molar-refractivity contribution in [2.45, 2.75) is 43.7 Å². The zero-order chi connectivity index (χ0) is 14.8. The Balaban J connectivity index is 5.25. The monoisotopic (exact) mass is 339 g/mol. The number of alkyl halides is 7. The highest BCUT2D eigenvalue weighted by molar-refractivity contribution is 7.34. The van der Waals surface area contributed by atoms with Gasteiger partial charge in [0.05, 0.1) is 5.73 Å². The fourth-order valence-corrected chi connectivity index (χ4v) is 2.65. The molecule has 0 aromatic heterocycles. The number of rotatable bonds is 5. The van der Waals surface area contributed by atoms with Crippen LogP contribution in [0.1, 0.15) is 19.8 Å². The summed E-state index contributed by atoms with van der Waals surface area (Å²) in [5.41, 5.74) is -1.82. The molecule has 1 radical (unpaired) electrons. The summed E-state index contributed by atoms with van der Waals surface area (Å²) in [5.74, 6) is -5.76. The average molecular weight is 340 g/mol. The summed E-state index contributed by atoms with van der Waals surface area (Å²) < 4.78 is 89.7. The van der Waals surface area contributed by atoms with Gasteiger partial charge in [-0.1, -0.05) is 13.3 Å². The predicted octanol–water partition coefficient (Wildman–Crippen LogP) is 4.47. The van der Waals surface area contributed by atoms with Gasteiger partial charge in [-0.05, 0) is 6.42 Å². The van der Waals surface area contributed by atoms with E-state index in [1.54, 1.807) is 0 Å². The second-order valence-corrected chi connectivity index (χ2v) is 7.52. The zero-order valence-corrected chi connectivity index (χ0v) is 11.3. The van der Waals surface area contributed by atoms with Crippen molar-refractivity contribution in [3.63, 3.8) is 0 Å². The molecule has 0 N–H and O–H groups in total. The van der Waals surface area contributed by atoms with Crippen molar-refractivity contribution in [2.75, 3.05) is 0 Å². The van der Waals surface area contributed by atoms with Gasteiger partial charge in [-0.3, -0.25) is 0 Å². The standard InChI is InChI=1S/C7H8Cl2F7OSi/c1-2-3-4(18(8)9)17-5(10,6(11,12)13)7(14,15)16/h4H,2-3H2,1H3. The summed E-state index contributed by atoms with van der Waals surface area (Å²) in [6, 6.07) is 0. The van der Waals surface area contributed by atoms with Crippen LogP contribution in [0, 0.1) is 0 Å². The fraction of sp³-hybridized carbons (Fsp3) is 1.00. The van der Waals surface area contributed by atoms with Crippen LogP contribution in [0.5, 0.6) is 0 Å². The van der Waals surface area contributed by atoms with Gasteiger partial charge in [0.15, 0.2) is 0 Å². The molecule has 109 valence electrons. The lowest BCUT2D eigenvalue weighted by Gasteiger charge is -2.33. The van der Waals surface area contributed by atoms with E-state index in [9.17, 15) is 30.7 Å². The minimum absolute atomic E-state index is 0.143. The molecule has 0 aliphatic carbocycles. The van der Waals surface area contributed by atoms with Gasteiger partial charge in [-0.2, -0.15) is 30.7 Å². The van der Waals surface area contributed by atoms with E-state index in [-0.39, 0.29) is 12.8 Å². The lowest BCUT2D eigenvalue weighted by Crippen LogP contribution is -2.57. The van der Waals surface area contributed by atoms with E-state index in [1.807, 2.05) is 0 Å². The third kappa shape index (κ3) is 4.14. The van der Waals surface area contributed by atoms with Crippen molar-refractivity contribution in [3.8, 4) is 0 Å². The molecule has 1 atom stereocenters. The molecule has 0 fully saturated rings. The molecule has 0 aromatic rings. The maximum atomic E-state index is 13.2. The Hall–Kier alpha value is 0.267. The highest BCUT2D eigenvalue weighted by atomic mass is 35.7. The molecule has 0 spiro atoms. The van der Waals surface area contributed by atoms with E-state index in [0.29, 0.717) is 0 Å². The fourth-order valence-electron chi connectivity index (χ4n) is 0.965. The molecule has 18 heavy (non-hydrogen) atoms. The maximum absolute atomic E-state index is 13.2. The molecule has 0 saturated heterocycles. The van der Waals surface area contributed by atoms with Crippen LogP contribution in [-0.4, -0.2) is 31.4 Å². The first-order valence-corrected chi connectivity index (χ1v) is 8.15. The van der Waals surface area contributed by atoms with Crippen molar-refractivity contribution in [1.82, 2.24) is 0 Å². The number of halogens is 9. The summed E-state index contributed by atoms with van der Waals surface area (Å²) >= 11 is 10.5. The first-order chi connectivity index (χ1) is 7.87. The third-order valence-corrected chi connectivity index (χ3v) is 4.18. The van der Waals surface area contributed by atoms with Crippen molar-refractivity contribution < 1.29 is 35.5 Å². The summed E-state index contributed by atoms with van der Waals surface area (Å²) in [7, 11) is -2.71. The largest absolute Gasteiger partial charge is 0.458 e. The van der Waals surface area contributed by atoms with Crippen molar-refractivity contribution in [2.24, 2.45) is 0 Å². The van der Waals surface area contributed by atoms with Crippen molar-refractivity contribution in [1.29, 1.82) is 0 Å². The first kappa shape index (κ1) is 18.3. The summed E-state index contributed by atoms with van der Waals surface area (Å²) in [6.07, 6.45) is -12.7. The lowest BCUT2D eigenvalue weighted by molar-refractivity contribution is -0.433. The van der Waals surface area contributed by atoms with Crippen LogP contribution >= 0.6 is 22.2 Å². The van der Waals surface area contributed by atoms with Crippen LogP contribution in [0.25, 0.3) is 0 Å². The average Bonchev–Trinajstić information content (AvgIpc) is 2.13. The highest BCUT2D eigenvalue weighted by Gasteiger charge is 2.75. The molecular formula is C7H8Cl2F7OSi. The van der Waals surface area contributed by atoms with E-state index in [4.69, 9.17) is 22.2 Å². The maximum Gasteiger partial charge on any atom is 0.458 e. The van der Waals surface area contributed by atoms with Gasteiger partial charge >= 0.3 is 25.6 Å². The number of hydrogen-bond donors (Lipinski definition) is 0. The summed E-state index contributed by atoms with van der Waals surface area (Å²) in [4.78, 5) is 0. The molecule has 0 heterocycles. The van der Waals surface area contributed by atoms with Crippen LogP contribution in [0.4, 0.5) is 30.7 Å². The van der Waals surface area contributed by atoms with Crippen molar-refractivity contribution in [3.05, 3.63) is 0 Å². The Bertz CT molecular complexity index is 254. The molecule has 0 bridgehead atoms. The molecule has 0 aliphatic heterocycles. The smallest absolute Gasteiger partial charge is 0.329 e. The van der Waals surface area contributed by atoms with Gasteiger partial charge in [-0.15, -0.1) is 22.2 Å². The summed E-state index contributed by atoms with van der Waals surface area (Å²) in [6.45, 7) is 1.45. The van der Waals surface area contributed by atoms with Crippen molar-refractivity contribution >= 4 is 29.6 Å². The second kappa shape index (κ2) is 6.15. The van der Waals surface area contributed by atoms with Gasteiger partial charge in [0, 0.05) is 0 Å². The Morgan fingerprint density at radius 3 is 1.61 bits per heavy atom. The molecule has 0 aliphatic rings. The van der Waals surface area contributed by atoms with Gasteiger partial charge in [0.2, 0.25) is 0 Å². The van der Waals surface area contributed by atoms with Gasteiger partial charge in [-0.25, -0.2) is 0 Å². The zero-order valence-electron chi connectivity index (χ0n) is 8.80. The van der Waals surface area contributed by atoms with Gasteiger partial charge in [0.25, 0.3) is 0 Å². The lowest BCUT2D eigenvalue weighted by atomic mass is 10.2. The topological polar surface area (TPSA) is 9.23 Å². The van der Waals surface area contributed by atoms with E-state index in [0.717, 1.165) is 0 Å². The Morgan fingerprint density at radius 2 is 1.39 bits per heavy atom. The van der Waals surface area contributed by atoms with E-state index in [2.05, 4.69) is 4.74 Å². The van der Waals surface area contributed by atoms with Crippen LogP contribution in [0.15, 0.2) is 0 Å². The molecule has 0 aromatic carbocycles. The minimum atomic E-state index is -6.26. The molecule has 0 amide bonds. The van der Waals surface area contributed by atoms with Crippen LogP contribution < -0.4 is 0 Å². The molecule has 0 saturated carbocycles. The van der Waals surface area contributed by atoms with Crippen LogP contribution in [-0.2, 0) is 4.74 Å². The molecular weight excluding hydrogens is 332 g/mol. The minimum Gasteiger partial charge on any atom is -0.329 e. The van der Waals surface area contributed by atoms with Gasteiger partial charge < -0.3 is 4.74 Å².